The van der Waals surface area contributed by atoms with E-state index >= 15 is 0 Å². The Labute approximate surface area is 136 Å². The van der Waals surface area contributed by atoms with E-state index in [9.17, 15) is 4.79 Å². The number of benzene rings is 2. The molecule has 118 valence electrons. The number of para-hydroxylation sites is 1. The monoisotopic (exact) mass is 308 g/mol. The minimum absolute atomic E-state index is 0.158. The van der Waals surface area contributed by atoms with Crippen LogP contribution in [0, 0.1) is 6.92 Å². The Kier molecular flexibility index (Phi) is 6.12. The molecule has 4 nitrogen and oxygen atoms in total. The molecule has 0 spiro atoms. The van der Waals surface area contributed by atoms with Crippen LogP contribution < -0.4 is 10.2 Å². The van der Waals surface area contributed by atoms with Gasteiger partial charge in [0.05, 0.1) is 12.6 Å². The third-order valence-corrected chi connectivity index (χ3v) is 3.15. The Bertz CT molecular complexity index is 691. The summed E-state index contributed by atoms with van der Waals surface area (Å²) in [7, 11) is 0. The van der Waals surface area contributed by atoms with Crippen LogP contribution >= 0.6 is 0 Å². The molecule has 2 aromatic rings. The molecular formula is C19H20N2O2. The van der Waals surface area contributed by atoms with Crippen molar-refractivity contribution in [2.75, 3.05) is 6.61 Å². The van der Waals surface area contributed by atoms with E-state index in [0.717, 1.165) is 11.1 Å². The normalized spacial score (nSPS) is 10.5. The topological polar surface area (TPSA) is 50.7 Å². The van der Waals surface area contributed by atoms with Crippen LogP contribution in [0.5, 0.6) is 5.75 Å². The van der Waals surface area contributed by atoms with Gasteiger partial charge in [0.1, 0.15) is 12.4 Å². The summed E-state index contributed by atoms with van der Waals surface area (Å²) in [6.45, 7) is 6.06. The zero-order valence-electron chi connectivity index (χ0n) is 13.2. The molecule has 0 unspecified atom stereocenters. The summed E-state index contributed by atoms with van der Waals surface area (Å²) in [5.74, 6) is 0.540. The molecule has 0 atom stereocenters. The molecule has 1 N–H and O–H groups in total. The third kappa shape index (κ3) is 5.43. The molecule has 23 heavy (non-hydrogen) atoms. The van der Waals surface area contributed by atoms with E-state index in [4.69, 9.17) is 4.74 Å². The van der Waals surface area contributed by atoms with Crippen LogP contribution in [-0.4, -0.2) is 18.7 Å². The molecule has 0 saturated heterocycles. The van der Waals surface area contributed by atoms with Gasteiger partial charge in [0, 0.05) is 5.56 Å². The fourth-order valence-corrected chi connectivity index (χ4v) is 1.97. The summed E-state index contributed by atoms with van der Waals surface area (Å²) in [6.07, 6.45) is 3.55. The number of aryl methyl sites for hydroxylation is 1. The number of carbonyl (C=O) groups excluding carboxylic acids is 1. The van der Waals surface area contributed by atoms with E-state index in [1.807, 2.05) is 55.5 Å². The molecule has 0 aliphatic carbocycles. The van der Waals surface area contributed by atoms with Crippen LogP contribution in [0.15, 0.2) is 66.3 Å². The highest BCUT2D eigenvalue weighted by molar-refractivity contribution is 5.85. The van der Waals surface area contributed by atoms with Crippen molar-refractivity contribution >= 4 is 12.1 Å². The van der Waals surface area contributed by atoms with Gasteiger partial charge in [-0.25, -0.2) is 5.43 Å². The second-order valence-electron chi connectivity index (χ2n) is 5.09. The molecule has 1 amide bonds. The van der Waals surface area contributed by atoms with Gasteiger partial charge in [-0.05, 0) is 24.6 Å². The lowest BCUT2D eigenvalue weighted by molar-refractivity contribution is -0.120. The SMILES string of the molecule is C=CCOc1ccccc1C=NNC(=O)Cc1ccc(C)cc1. The molecule has 2 rings (SSSR count). The van der Waals surface area contributed by atoms with Crippen molar-refractivity contribution in [2.45, 2.75) is 13.3 Å². The van der Waals surface area contributed by atoms with E-state index in [0.29, 0.717) is 18.8 Å². The predicted molar refractivity (Wildman–Crippen MR) is 92.8 cm³/mol. The quantitative estimate of drug-likeness (QED) is 0.485. The molecule has 0 fully saturated rings. The highest BCUT2D eigenvalue weighted by Crippen LogP contribution is 2.15. The van der Waals surface area contributed by atoms with E-state index in [-0.39, 0.29) is 5.91 Å². The highest BCUT2D eigenvalue weighted by atomic mass is 16.5. The Morgan fingerprint density at radius 3 is 2.70 bits per heavy atom. The molecule has 0 bridgehead atoms. The second-order valence-corrected chi connectivity index (χ2v) is 5.09. The lowest BCUT2D eigenvalue weighted by Gasteiger charge is -2.06. The first kappa shape index (κ1) is 16.5. The number of hydrazone groups is 1. The highest BCUT2D eigenvalue weighted by Gasteiger charge is 2.02. The van der Waals surface area contributed by atoms with Crippen LogP contribution in [0.2, 0.25) is 0 Å². The standard InChI is InChI=1S/C19H20N2O2/c1-3-12-23-18-7-5-4-6-17(18)14-20-21-19(22)13-16-10-8-15(2)9-11-16/h3-11,14H,1,12-13H2,2H3,(H,21,22). The average molecular weight is 308 g/mol. The number of hydrogen-bond donors (Lipinski definition) is 1. The maximum absolute atomic E-state index is 11.9. The maximum Gasteiger partial charge on any atom is 0.244 e. The van der Waals surface area contributed by atoms with Gasteiger partial charge >= 0.3 is 0 Å². The van der Waals surface area contributed by atoms with Crippen molar-refractivity contribution in [3.63, 3.8) is 0 Å². The number of ether oxygens (including phenoxy) is 1. The lowest BCUT2D eigenvalue weighted by Crippen LogP contribution is -2.19. The molecule has 0 heterocycles. The second kappa shape index (κ2) is 8.54. The largest absolute Gasteiger partial charge is 0.489 e. The van der Waals surface area contributed by atoms with E-state index < -0.39 is 0 Å². The number of nitrogens with one attached hydrogen (secondary N) is 1. The summed E-state index contributed by atoms with van der Waals surface area (Å²) < 4.78 is 5.53. The molecule has 0 radical (unpaired) electrons. The minimum Gasteiger partial charge on any atom is -0.489 e. The smallest absolute Gasteiger partial charge is 0.244 e. The summed E-state index contributed by atoms with van der Waals surface area (Å²) in [4.78, 5) is 11.9. The summed E-state index contributed by atoms with van der Waals surface area (Å²) in [6, 6.07) is 15.3. The number of nitrogens with zero attached hydrogens (tertiary/aromatic N) is 1. The molecule has 0 aromatic heterocycles. The Morgan fingerprint density at radius 1 is 1.22 bits per heavy atom. The van der Waals surface area contributed by atoms with Crippen LogP contribution in [0.1, 0.15) is 16.7 Å². The Morgan fingerprint density at radius 2 is 1.96 bits per heavy atom. The van der Waals surface area contributed by atoms with E-state index in [1.54, 1.807) is 12.3 Å². The maximum atomic E-state index is 11.9. The lowest BCUT2D eigenvalue weighted by atomic mass is 10.1. The van der Waals surface area contributed by atoms with Crippen molar-refractivity contribution in [1.29, 1.82) is 0 Å². The van der Waals surface area contributed by atoms with Crippen molar-refractivity contribution in [1.82, 2.24) is 5.43 Å². The van der Waals surface area contributed by atoms with Gasteiger partial charge < -0.3 is 4.74 Å². The number of amides is 1. The molecular weight excluding hydrogens is 288 g/mol. The van der Waals surface area contributed by atoms with E-state index in [2.05, 4.69) is 17.1 Å². The number of hydrogen-bond acceptors (Lipinski definition) is 3. The van der Waals surface area contributed by atoms with E-state index in [1.165, 1.54) is 5.56 Å². The Hall–Kier alpha value is -2.88. The van der Waals surface area contributed by atoms with Gasteiger partial charge in [-0.1, -0.05) is 54.6 Å². The zero-order chi connectivity index (χ0) is 16.5. The van der Waals surface area contributed by atoms with Crippen LogP contribution in [-0.2, 0) is 11.2 Å². The first-order valence-electron chi connectivity index (χ1n) is 7.39. The van der Waals surface area contributed by atoms with Gasteiger partial charge in [-0.2, -0.15) is 5.10 Å². The van der Waals surface area contributed by atoms with Crippen molar-refractivity contribution in [2.24, 2.45) is 5.10 Å². The summed E-state index contributed by atoms with van der Waals surface area (Å²) in [5, 5.41) is 3.99. The fraction of sp³-hybridized carbons (Fsp3) is 0.158. The molecule has 0 aliphatic rings. The number of carbonyl (C=O) groups is 1. The molecule has 0 aliphatic heterocycles. The molecule has 2 aromatic carbocycles. The van der Waals surface area contributed by atoms with Crippen LogP contribution in [0.3, 0.4) is 0 Å². The number of rotatable bonds is 7. The minimum atomic E-state index is -0.158. The zero-order valence-corrected chi connectivity index (χ0v) is 13.2. The van der Waals surface area contributed by atoms with Gasteiger partial charge in [0.15, 0.2) is 0 Å². The summed E-state index contributed by atoms with van der Waals surface area (Å²) in [5.41, 5.74) is 5.45. The fourth-order valence-electron chi connectivity index (χ4n) is 1.97. The van der Waals surface area contributed by atoms with Gasteiger partial charge in [0.2, 0.25) is 5.91 Å². The van der Waals surface area contributed by atoms with Gasteiger partial charge in [0.25, 0.3) is 0 Å². The van der Waals surface area contributed by atoms with Gasteiger partial charge in [-0.15, -0.1) is 0 Å². The predicted octanol–water partition coefficient (Wildman–Crippen LogP) is 3.25. The van der Waals surface area contributed by atoms with Crippen molar-refractivity contribution in [3.05, 3.63) is 77.9 Å². The third-order valence-electron chi connectivity index (χ3n) is 3.15. The first-order valence-corrected chi connectivity index (χ1v) is 7.39. The summed E-state index contributed by atoms with van der Waals surface area (Å²) >= 11 is 0. The first-order chi connectivity index (χ1) is 11.2. The molecule has 0 saturated carbocycles. The van der Waals surface area contributed by atoms with Crippen LogP contribution in [0.25, 0.3) is 0 Å². The van der Waals surface area contributed by atoms with Crippen molar-refractivity contribution < 1.29 is 9.53 Å². The average Bonchev–Trinajstić information content (AvgIpc) is 2.56. The van der Waals surface area contributed by atoms with Crippen LogP contribution in [0.4, 0.5) is 0 Å². The molecule has 4 heteroatoms. The van der Waals surface area contributed by atoms with Gasteiger partial charge in [-0.3, -0.25) is 4.79 Å². The van der Waals surface area contributed by atoms with Crippen molar-refractivity contribution in [3.8, 4) is 5.75 Å². The Balaban J connectivity index is 1.92.